The average Bonchev–Trinajstić information content (AvgIpc) is 2.98. The molecular weight excluding hydrogens is 429 g/mol. The van der Waals surface area contributed by atoms with Gasteiger partial charge in [-0.05, 0) is 62.4 Å². The van der Waals surface area contributed by atoms with Crippen molar-refractivity contribution in [3.05, 3.63) is 74.1 Å². The SMILES string of the molecule is CC(C)(C)Cc1cc(F)cc2cc(Cn3cccc([N+](=O)[O-])c3=O)n(C(=O)OC(C)(C)C)c12. The summed E-state index contributed by atoms with van der Waals surface area (Å²) in [6.07, 6.45) is 1.22. The second-order valence-electron chi connectivity index (χ2n) is 10.3. The van der Waals surface area contributed by atoms with Gasteiger partial charge in [-0.25, -0.2) is 13.8 Å². The zero-order valence-corrected chi connectivity index (χ0v) is 19.6. The van der Waals surface area contributed by atoms with Gasteiger partial charge in [-0.3, -0.25) is 14.9 Å². The lowest BCUT2D eigenvalue weighted by Crippen LogP contribution is -2.30. The van der Waals surface area contributed by atoms with Crippen LogP contribution in [0.4, 0.5) is 14.9 Å². The Labute approximate surface area is 190 Å². The molecule has 8 nitrogen and oxygen atoms in total. The summed E-state index contributed by atoms with van der Waals surface area (Å²) in [7, 11) is 0. The van der Waals surface area contributed by atoms with Crippen LogP contribution in [0.25, 0.3) is 10.9 Å². The first-order valence-corrected chi connectivity index (χ1v) is 10.6. The van der Waals surface area contributed by atoms with Gasteiger partial charge in [0, 0.05) is 17.6 Å². The largest absolute Gasteiger partial charge is 0.443 e. The van der Waals surface area contributed by atoms with Crippen LogP contribution in [-0.2, 0) is 17.7 Å². The predicted octanol–water partition coefficient (Wildman–Crippen LogP) is 5.27. The molecule has 0 amide bonds. The zero-order valence-electron chi connectivity index (χ0n) is 19.6. The van der Waals surface area contributed by atoms with Gasteiger partial charge >= 0.3 is 17.3 Å². The number of benzene rings is 1. The van der Waals surface area contributed by atoms with Crippen LogP contribution in [0.1, 0.15) is 52.8 Å². The number of halogens is 1. The number of aromatic nitrogens is 2. The number of ether oxygens (including phenoxy) is 1. The van der Waals surface area contributed by atoms with Crippen LogP contribution in [0.5, 0.6) is 0 Å². The van der Waals surface area contributed by atoms with E-state index in [1.807, 2.05) is 20.8 Å². The van der Waals surface area contributed by atoms with Gasteiger partial charge in [0.15, 0.2) is 0 Å². The highest BCUT2D eigenvalue weighted by atomic mass is 19.1. The topological polar surface area (TPSA) is 96.4 Å². The Bertz CT molecular complexity index is 1290. The molecule has 0 N–H and O–H groups in total. The Morgan fingerprint density at radius 2 is 1.82 bits per heavy atom. The van der Waals surface area contributed by atoms with Crippen molar-refractivity contribution in [2.24, 2.45) is 5.41 Å². The number of carbonyl (C=O) groups is 1. The number of carbonyl (C=O) groups excluding carboxylic acids is 1. The fourth-order valence-electron chi connectivity index (χ4n) is 3.75. The number of hydrogen-bond donors (Lipinski definition) is 0. The molecule has 0 bridgehead atoms. The van der Waals surface area contributed by atoms with Crippen LogP contribution in [0, 0.1) is 21.3 Å². The van der Waals surface area contributed by atoms with Gasteiger partial charge < -0.3 is 9.30 Å². The van der Waals surface area contributed by atoms with Crippen molar-refractivity contribution in [2.45, 2.75) is 60.1 Å². The standard InChI is InChI=1S/C24H28FN3O5/c1-23(2,3)13-16-11-17(25)10-15-12-18(27(20(15)16)22(30)33-24(4,5)6)14-26-9-7-8-19(21(26)29)28(31)32/h7-12H,13-14H2,1-6H3. The summed E-state index contributed by atoms with van der Waals surface area (Å²) >= 11 is 0. The highest BCUT2D eigenvalue weighted by molar-refractivity contribution is 5.93. The first kappa shape index (κ1) is 24.2. The van der Waals surface area contributed by atoms with E-state index in [0.717, 1.165) is 10.6 Å². The van der Waals surface area contributed by atoms with Crippen molar-refractivity contribution in [1.82, 2.24) is 9.13 Å². The van der Waals surface area contributed by atoms with Crippen molar-refractivity contribution in [3.8, 4) is 0 Å². The molecule has 0 radical (unpaired) electrons. The van der Waals surface area contributed by atoms with Crippen LogP contribution in [-0.4, -0.2) is 25.8 Å². The van der Waals surface area contributed by atoms with E-state index in [0.29, 0.717) is 28.6 Å². The van der Waals surface area contributed by atoms with E-state index >= 15 is 0 Å². The molecule has 176 valence electrons. The lowest BCUT2D eigenvalue weighted by Gasteiger charge is -2.23. The maximum absolute atomic E-state index is 14.5. The first-order chi connectivity index (χ1) is 15.2. The molecule has 2 heterocycles. The minimum Gasteiger partial charge on any atom is -0.443 e. The van der Waals surface area contributed by atoms with Crippen LogP contribution in [0.15, 0.2) is 41.3 Å². The van der Waals surface area contributed by atoms with Crippen LogP contribution in [0.2, 0.25) is 0 Å². The second kappa shape index (κ2) is 8.46. The van der Waals surface area contributed by atoms with E-state index < -0.39 is 33.7 Å². The molecule has 0 fully saturated rings. The molecule has 0 aliphatic heterocycles. The lowest BCUT2D eigenvalue weighted by molar-refractivity contribution is -0.386. The maximum atomic E-state index is 14.5. The third-order valence-corrected chi connectivity index (χ3v) is 4.84. The number of nitro groups is 1. The number of fused-ring (bicyclic) bond motifs is 1. The normalized spacial score (nSPS) is 12.2. The van der Waals surface area contributed by atoms with E-state index in [1.165, 1.54) is 29.0 Å². The fourth-order valence-corrected chi connectivity index (χ4v) is 3.75. The number of pyridine rings is 1. The first-order valence-electron chi connectivity index (χ1n) is 10.6. The second-order valence-corrected chi connectivity index (χ2v) is 10.3. The Kier molecular flexibility index (Phi) is 6.19. The number of rotatable bonds is 4. The lowest BCUT2D eigenvalue weighted by atomic mass is 9.87. The third kappa shape index (κ3) is 5.47. The van der Waals surface area contributed by atoms with Gasteiger partial charge in [-0.1, -0.05) is 20.8 Å². The molecular formula is C24H28FN3O5. The highest BCUT2D eigenvalue weighted by Crippen LogP contribution is 2.31. The van der Waals surface area contributed by atoms with Gasteiger partial charge in [0.2, 0.25) is 0 Å². The molecule has 0 spiro atoms. The van der Waals surface area contributed by atoms with Crippen molar-refractivity contribution < 1.29 is 18.8 Å². The van der Waals surface area contributed by atoms with Crippen LogP contribution >= 0.6 is 0 Å². The maximum Gasteiger partial charge on any atom is 0.419 e. The predicted molar refractivity (Wildman–Crippen MR) is 123 cm³/mol. The molecule has 0 aliphatic carbocycles. The summed E-state index contributed by atoms with van der Waals surface area (Å²) in [5.74, 6) is -0.442. The zero-order chi connectivity index (χ0) is 24.7. The molecule has 0 saturated carbocycles. The molecule has 33 heavy (non-hydrogen) atoms. The van der Waals surface area contributed by atoms with Gasteiger partial charge in [0.25, 0.3) is 0 Å². The molecule has 0 atom stereocenters. The quantitative estimate of drug-likeness (QED) is 0.393. The van der Waals surface area contributed by atoms with Crippen molar-refractivity contribution >= 4 is 22.7 Å². The van der Waals surface area contributed by atoms with E-state index in [4.69, 9.17) is 4.74 Å². The minimum absolute atomic E-state index is 0.134. The van der Waals surface area contributed by atoms with E-state index in [1.54, 1.807) is 26.8 Å². The summed E-state index contributed by atoms with van der Waals surface area (Å²) in [6, 6.07) is 6.85. The van der Waals surface area contributed by atoms with Crippen LogP contribution < -0.4 is 5.56 Å². The summed E-state index contributed by atoms with van der Waals surface area (Å²) in [6.45, 7) is 11.1. The number of nitrogens with zero attached hydrogens (tertiary/aromatic N) is 3. The van der Waals surface area contributed by atoms with Crippen molar-refractivity contribution in [3.63, 3.8) is 0 Å². The van der Waals surface area contributed by atoms with Gasteiger partial charge in [-0.2, -0.15) is 0 Å². The van der Waals surface area contributed by atoms with Gasteiger partial charge in [0.1, 0.15) is 11.4 Å². The summed E-state index contributed by atoms with van der Waals surface area (Å²) < 4.78 is 22.6. The molecule has 9 heteroatoms. The highest BCUT2D eigenvalue weighted by Gasteiger charge is 2.26. The summed E-state index contributed by atoms with van der Waals surface area (Å²) in [5.41, 5.74) is -0.891. The van der Waals surface area contributed by atoms with Crippen LogP contribution in [0.3, 0.4) is 0 Å². The molecule has 3 rings (SSSR count). The molecule has 0 aliphatic rings. The van der Waals surface area contributed by atoms with E-state index in [2.05, 4.69) is 0 Å². The van der Waals surface area contributed by atoms with E-state index in [9.17, 15) is 24.1 Å². The minimum atomic E-state index is -0.801. The molecule has 0 saturated heterocycles. The summed E-state index contributed by atoms with van der Waals surface area (Å²) in [4.78, 5) is 36.3. The fraction of sp³-hybridized carbons (Fsp3) is 0.417. The smallest absolute Gasteiger partial charge is 0.419 e. The van der Waals surface area contributed by atoms with E-state index in [-0.39, 0.29) is 12.0 Å². The average molecular weight is 458 g/mol. The molecule has 1 aromatic carbocycles. The Hall–Kier alpha value is -3.49. The molecule has 0 unspecified atom stereocenters. The van der Waals surface area contributed by atoms with Crippen molar-refractivity contribution in [2.75, 3.05) is 0 Å². The summed E-state index contributed by atoms with van der Waals surface area (Å²) in [5, 5.41) is 11.7. The Balaban J connectivity index is 2.27. The monoisotopic (exact) mass is 457 g/mol. The van der Waals surface area contributed by atoms with Gasteiger partial charge in [-0.15, -0.1) is 0 Å². The molecule has 3 aromatic rings. The van der Waals surface area contributed by atoms with Crippen molar-refractivity contribution in [1.29, 1.82) is 0 Å². The van der Waals surface area contributed by atoms with Gasteiger partial charge in [0.05, 0.1) is 22.7 Å². The Morgan fingerprint density at radius 1 is 1.15 bits per heavy atom. The Morgan fingerprint density at radius 3 is 2.39 bits per heavy atom. The number of hydrogen-bond acceptors (Lipinski definition) is 5. The third-order valence-electron chi connectivity index (χ3n) is 4.84. The molecule has 2 aromatic heterocycles.